The minimum atomic E-state index is -0.568. The zero-order chi connectivity index (χ0) is 14.8. The summed E-state index contributed by atoms with van der Waals surface area (Å²) in [6, 6.07) is 2.86. The quantitative estimate of drug-likeness (QED) is 0.512. The summed E-state index contributed by atoms with van der Waals surface area (Å²) in [7, 11) is 3.02. The Hall–Kier alpha value is -1.99. The van der Waals surface area contributed by atoms with Crippen LogP contribution in [0.1, 0.15) is 20.8 Å². The first-order valence-corrected chi connectivity index (χ1v) is 5.97. The lowest BCUT2D eigenvalue weighted by Gasteiger charge is -2.05. The number of hydrogen-bond donors (Lipinski definition) is 0. The molecule has 0 amide bonds. The topological polar surface area (TPSA) is 84.0 Å². The van der Waals surface area contributed by atoms with Gasteiger partial charge in [-0.1, -0.05) is 0 Å². The van der Waals surface area contributed by atoms with Gasteiger partial charge in [0, 0.05) is 20.4 Å². The van der Waals surface area contributed by atoms with Gasteiger partial charge in [0.15, 0.2) is 0 Å². The number of nitrogens with zero attached hydrogens (tertiary/aromatic N) is 1. The summed E-state index contributed by atoms with van der Waals surface area (Å²) in [6.45, 7) is 0.951. The molecule has 7 nitrogen and oxygen atoms in total. The van der Waals surface area contributed by atoms with Crippen LogP contribution in [0.3, 0.4) is 0 Å². The Morgan fingerprint density at radius 1 is 0.950 bits per heavy atom. The van der Waals surface area contributed by atoms with E-state index < -0.39 is 11.9 Å². The van der Waals surface area contributed by atoms with Gasteiger partial charge in [-0.2, -0.15) is 0 Å². The molecule has 0 spiro atoms. The molecule has 110 valence electrons. The highest BCUT2D eigenvalue weighted by Gasteiger charge is 2.12. The highest BCUT2D eigenvalue weighted by molar-refractivity contribution is 5.91. The summed E-state index contributed by atoms with van der Waals surface area (Å²) < 4.78 is 19.3. The maximum absolute atomic E-state index is 11.6. The van der Waals surface area contributed by atoms with Crippen molar-refractivity contribution in [3.05, 3.63) is 29.6 Å². The van der Waals surface area contributed by atoms with Gasteiger partial charge in [0.25, 0.3) is 0 Å². The van der Waals surface area contributed by atoms with Crippen molar-refractivity contribution in [1.29, 1.82) is 0 Å². The molecule has 1 heterocycles. The van der Waals surface area contributed by atoms with E-state index in [4.69, 9.17) is 18.9 Å². The number of rotatable bonds is 8. The minimum Gasteiger partial charge on any atom is -0.460 e. The molecule has 0 bridgehead atoms. The van der Waals surface area contributed by atoms with Crippen LogP contribution in [-0.2, 0) is 18.9 Å². The second-order valence-electron chi connectivity index (χ2n) is 3.69. The third-order valence-electron chi connectivity index (χ3n) is 2.25. The average molecular weight is 283 g/mol. The summed E-state index contributed by atoms with van der Waals surface area (Å²) in [4.78, 5) is 27.0. The third-order valence-corrected chi connectivity index (χ3v) is 2.25. The Labute approximate surface area is 116 Å². The van der Waals surface area contributed by atoms with E-state index in [9.17, 15) is 9.59 Å². The van der Waals surface area contributed by atoms with E-state index >= 15 is 0 Å². The first-order chi connectivity index (χ1) is 9.69. The van der Waals surface area contributed by atoms with Crippen LogP contribution in [0.2, 0.25) is 0 Å². The van der Waals surface area contributed by atoms with Crippen molar-refractivity contribution >= 4 is 11.9 Å². The van der Waals surface area contributed by atoms with E-state index in [0.29, 0.717) is 13.2 Å². The number of esters is 2. The van der Waals surface area contributed by atoms with Crippen LogP contribution in [-0.4, -0.2) is 57.6 Å². The first-order valence-electron chi connectivity index (χ1n) is 5.97. The molecule has 1 rings (SSSR count). The molecule has 1 aromatic rings. The second kappa shape index (κ2) is 9.00. The lowest BCUT2D eigenvalue weighted by molar-refractivity contribution is 0.0370. The number of methoxy groups -OCH3 is 2. The van der Waals surface area contributed by atoms with Gasteiger partial charge >= 0.3 is 11.9 Å². The van der Waals surface area contributed by atoms with Gasteiger partial charge in [0.05, 0.1) is 18.8 Å². The van der Waals surface area contributed by atoms with Crippen LogP contribution in [0, 0.1) is 0 Å². The maximum Gasteiger partial charge on any atom is 0.356 e. The Morgan fingerprint density at radius 2 is 1.55 bits per heavy atom. The molecular formula is C13H17NO6. The molecule has 0 fully saturated rings. The lowest BCUT2D eigenvalue weighted by Crippen LogP contribution is -2.13. The van der Waals surface area contributed by atoms with Crippen molar-refractivity contribution in [2.24, 2.45) is 0 Å². The lowest BCUT2D eigenvalue weighted by atomic mass is 10.2. The predicted octanol–water partition coefficient (Wildman–Crippen LogP) is 0.688. The van der Waals surface area contributed by atoms with Crippen LogP contribution < -0.4 is 0 Å². The van der Waals surface area contributed by atoms with Crippen molar-refractivity contribution in [1.82, 2.24) is 4.98 Å². The number of ether oxygens (including phenoxy) is 4. The number of carbonyl (C=O) groups excluding carboxylic acids is 2. The summed E-state index contributed by atoms with van der Waals surface area (Å²) in [5.41, 5.74) is 0.379. The fourth-order valence-corrected chi connectivity index (χ4v) is 1.23. The van der Waals surface area contributed by atoms with Crippen LogP contribution in [0.5, 0.6) is 0 Å². The molecular weight excluding hydrogens is 266 g/mol. The van der Waals surface area contributed by atoms with Crippen molar-refractivity contribution in [3.63, 3.8) is 0 Å². The highest BCUT2D eigenvalue weighted by Crippen LogP contribution is 2.04. The van der Waals surface area contributed by atoms with Crippen molar-refractivity contribution in [3.8, 4) is 0 Å². The fraction of sp³-hybridized carbons (Fsp3) is 0.462. The molecule has 7 heteroatoms. The number of aromatic nitrogens is 1. The van der Waals surface area contributed by atoms with E-state index in [1.807, 2.05) is 0 Å². The average Bonchev–Trinajstić information content (AvgIpc) is 2.47. The van der Waals surface area contributed by atoms with Gasteiger partial charge in [0.2, 0.25) is 0 Å². The molecule has 20 heavy (non-hydrogen) atoms. The van der Waals surface area contributed by atoms with Gasteiger partial charge in [0.1, 0.15) is 18.9 Å². The van der Waals surface area contributed by atoms with E-state index in [0.717, 1.165) is 0 Å². The second-order valence-corrected chi connectivity index (χ2v) is 3.69. The maximum atomic E-state index is 11.6. The Balaban J connectivity index is 2.50. The van der Waals surface area contributed by atoms with Gasteiger partial charge in [-0.05, 0) is 12.1 Å². The third kappa shape index (κ3) is 5.33. The number of carbonyl (C=O) groups is 2. The smallest absolute Gasteiger partial charge is 0.356 e. The SMILES string of the molecule is COCCOC(=O)c1ccc(C(=O)OCCOC)nc1. The summed E-state index contributed by atoms with van der Waals surface area (Å²) >= 11 is 0. The van der Waals surface area contributed by atoms with Gasteiger partial charge in [-0.3, -0.25) is 0 Å². The first kappa shape index (κ1) is 16.1. The van der Waals surface area contributed by atoms with E-state index in [1.54, 1.807) is 0 Å². The van der Waals surface area contributed by atoms with E-state index in [-0.39, 0.29) is 24.5 Å². The van der Waals surface area contributed by atoms with Crippen LogP contribution in [0.4, 0.5) is 0 Å². The van der Waals surface area contributed by atoms with Crippen molar-refractivity contribution < 1.29 is 28.5 Å². The Morgan fingerprint density at radius 3 is 2.05 bits per heavy atom. The summed E-state index contributed by atoms with van der Waals surface area (Å²) in [6.07, 6.45) is 1.27. The molecule has 0 aliphatic rings. The standard InChI is InChI=1S/C13H17NO6/c1-17-5-7-19-12(15)10-3-4-11(14-9-10)13(16)20-8-6-18-2/h3-4,9H,5-8H2,1-2H3. The van der Waals surface area contributed by atoms with E-state index in [2.05, 4.69) is 4.98 Å². The molecule has 1 aromatic heterocycles. The number of pyridine rings is 1. The van der Waals surface area contributed by atoms with Crippen LogP contribution >= 0.6 is 0 Å². The zero-order valence-electron chi connectivity index (χ0n) is 11.5. The molecule has 0 N–H and O–H groups in total. The van der Waals surface area contributed by atoms with Crippen molar-refractivity contribution in [2.45, 2.75) is 0 Å². The summed E-state index contributed by atoms with van der Waals surface area (Å²) in [5.74, 6) is -1.09. The molecule has 0 unspecified atom stereocenters. The molecule has 0 aromatic carbocycles. The van der Waals surface area contributed by atoms with Gasteiger partial charge in [-0.25, -0.2) is 14.6 Å². The molecule has 0 aliphatic carbocycles. The molecule has 0 atom stereocenters. The minimum absolute atomic E-state index is 0.120. The molecule has 0 aliphatic heterocycles. The molecule has 0 saturated heterocycles. The highest BCUT2D eigenvalue weighted by atomic mass is 16.6. The van der Waals surface area contributed by atoms with Crippen LogP contribution in [0.15, 0.2) is 18.3 Å². The van der Waals surface area contributed by atoms with E-state index in [1.165, 1.54) is 32.5 Å². The fourth-order valence-electron chi connectivity index (χ4n) is 1.23. The summed E-state index contributed by atoms with van der Waals surface area (Å²) in [5, 5.41) is 0. The van der Waals surface area contributed by atoms with Gasteiger partial charge < -0.3 is 18.9 Å². The largest absolute Gasteiger partial charge is 0.460 e. The normalized spacial score (nSPS) is 10.1. The number of hydrogen-bond acceptors (Lipinski definition) is 7. The van der Waals surface area contributed by atoms with Crippen LogP contribution in [0.25, 0.3) is 0 Å². The predicted molar refractivity (Wildman–Crippen MR) is 68.6 cm³/mol. The monoisotopic (exact) mass is 283 g/mol. The molecule has 0 saturated carbocycles. The zero-order valence-corrected chi connectivity index (χ0v) is 11.5. The van der Waals surface area contributed by atoms with Crippen molar-refractivity contribution in [2.75, 3.05) is 40.6 Å². The Kier molecular flexibility index (Phi) is 7.23. The molecule has 0 radical (unpaired) electrons. The van der Waals surface area contributed by atoms with Gasteiger partial charge in [-0.15, -0.1) is 0 Å². The Bertz CT molecular complexity index is 390.